The van der Waals surface area contributed by atoms with E-state index in [0.29, 0.717) is 17.0 Å². The molecule has 0 unspecified atom stereocenters. The van der Waals surface area contributed by atoms with Crippen molar-refractivity contribution >= 4 is 39.3 Å². The van der Waals surface area contributed by atoms with E-state index in [0.717, 1.165) is 33.1 Å². The molecule has 2 aromatic heterocycles. The van der Waals surface area contributed by atoms with Gasteiger partial charge in [-0.15, -0.1) is 0 Å². The number of furan rings is 1. The molecule has 0 aliphatic heterocycles. The molecule has 7 nitrogen and oxygen atoms in total. The van der Waals surface area contributed by atoms with E-state index in [1.54, 1.807) is 10.9 Å². The minimum atomic E-state index is -0.501. The highest BCUT2D eigenvalue weighted by Gasteiger charge is 2.18. The zero-order valence-corrected chi connectivity index (χ0v) is 18.9. The van der Waals surface area contributed by atoms with Crippen molar-refractivity contribution in [3.05, 3.63) is 89.9 Å². The molecule has 2 heterocycles. The maximum Gasteiger partial charge on any atom is 0.310 e. The SMILES string of the molecule is Cc1nn(-c2ccccc2)c(C)c1NC(=O)COC(=O)Cc1coc2ccc3ccccc3c12. The number of aryl methyl sites for hydroxylation is 1. The van der Waals surface area contributed by atoms with Gasteiger partial charge >= 0.3 is 5.97 Å². The van der Waals surface area contributed by atoms with Crippen LogP contribution in [0.4, 0.5) is 5.69 Å². The number of carbonyl (C=O) groups is 2. The number of benzene rings is 3. The second-order valence-corrected chi connectivity index (χ2v) is 8.10. The molecule has 7 heteroatoms. The molecule has 5 aromatic rings. The number of amides is 1. The molecule has 0 atom stereocenters. The Morgan fingerprint density at radius 2 is 1.76 bits per heavy atom. The number of anilines is 1. The minimum absolute atomic E-state index is 0.0122. The van der Waals surface area contributed by atoms with Gasteiger partial charge in [0, 0.05) is 10.9 Å². The van der Waals surface area contributed by atoms with Gasteiger partial charge in [0.2, 0.25) is 0 Å². The van der Waals surface area contributed by atoms with Crippen molar-refractivity contribution in [2.24, 2.45) is 0 Å². The third-order valence-corrected chi connectivity index (χ3v) is 5.80. The molecule has 5 rings (SSSR count). The van der Waals surface area contributed by atoms with Gasteiger partial charge in [-0.2, -0.15) is 5.10 Å². The number of hydrogen-bond donors (Lipinski definition) is 1. The summed E-state index contributed by atoms with van der Waals surface area (Å²) in [6, 6.07) is 21.5. The predicted octanol–water partition coefficient (Wildman–Crippen LogP) is 5.11. The van der Waals surface area contributed by atoms with Crippen molar-refractivity contribution in [1.82, 2.24) is 9.78 Å². The number of aromatic nitrogens is 2. The molecule has 1 amide bonds. The monoisotopic (exact) mass is 453 g/mol. The fraction of sp³-hybridized carbons (Fsp3) is 0.148. The number of nitrogens with zero attached hydrogens (tertiary/aromatic N) is 2. The second kappa shape index (κ2) is 8.86. The van der Waals surface area contributed by atoms with Crippen LogP contribution < -0.4 is 5.32 Å². The molecule has 34 heavy (non-hydrogen) atoms. The van der Waals surface area contributed by atoms with Gasteiger partial charge in [-0.3, -0.25) is 9.59 Å². The van der Waals surface area contributed by atoms with Crippen molar-refractivity contribution in [3.8, 4) is 5.69 Å². The van der Waals surface area contributed by atoms with Crippen molar-refractivity contribution < 1.29 is 18.7 Å². The molecule has 0 spiro atoms. The van der Waals surface area contributed by atoms with Crippen LogP contribution in [0.15, 0.2) is 77.4 Å². The average molecular weight is 453 g/mol. The fourth-order valence-electron chi connectivity index (χ4n) is 4.18. The third-order valence-electron chi connectivity index (χ3n) is 5.80. The van der Waals surface area contributed by atoms with Gasteiger partial charge in [0.15, 0.2) is 6.61 Å². The lowest BCUT2D eigenvalue weighted by Gasteiger charge is -2.08. The zero-order chi connectivity index (χ0) is 23.7. The lowest BCUT2D eigenvalue weighted by Crippen LogP contribution is -2.22. The summed E-state index contributed by atoms with van der Waals surface area (Å²) in [7, 11) is 0. The van der Waals surface area contributed by atoms with Crippen LogP contribution in [0.3, 0.4) is 0 Å². The molecular formula is C27H23N3O4. The number of rotatable bonds is 6. The highest BCUT2D eigenvalue weighted by atomic mass is 16.5. The highest BCUT2D eigenvalue weighted by molar-refractivity contribution is 6.08. The van der Waals surface area contributed by atoms with Crippen LogP contribution in [0.2, 0.25) is 0 Å². The number of hydrogen-bond acceptors (Lipinski definition) is 5. The number of nitrogens with one attached hydrogen (secondary N) is 1. The van der Waals surface area contributed by atoms with E-state index < -0.39 is 11.9 Å². The molecular weight excluding hydrogens is 430 g/mol. The number of esters is 1. The Kier molecular flexibility index (Phi) is 5.59. The lowest BCUT2D eigenvalue weighted by atomic mass is 10.0. The quantitative estimate of drug-likeness (QED) is 0.361. The van der Waals surface area contributed by atoms with Gasteiger partial charge in [0.1, 0.15) is 5.58 Å². The van der Waals surface area contributed by atoms with Crippen molar-refractivity contribution in [2.75, 3.05) is 11.9 Å². The first-order valence-electron chi connectivity index (χ1n) is 11.0. The van der Waals surface area contributed by atoms with Crippen molar-refractivity contribution in [3.63, 3.8) is 0 Å². The summed E-state index contributed by atoms with van der Waals surface area (Å²) in [4.78, 5) is 25.0. The molecule has 0 radical (unpaired) electrons. The van der Waals surface area contributed by atoms with E-state index in [4.69, 9.17) is 9.15 Å². The molecule has 3 aromatic carbocycles. The topological polar surface area (TPSA) is 86.4 Å². The van der Waals surface area contributed by atoms with Crippen LogP contribution in [0, 0.1) is 13.8 Å². The van der Waals surface area contributed by atoms with Gasteiger partial charge in [-0.25, -0.2) is 4.68 Å². The minimum Gasteiger partial charge on any atom is -0.464 e. The maximum absolute atomic E-state index is 12.5. The summed E-state index contributed by atoms with van der Waals surface area (Å²) in [5, 5.41) is 10.3. The zero-order valence-electron chi connectivity index (χ0n) is 18.9. The summed E-state index contributed by atoms with van der Waals surface area (Å²) in [5.41, 5.74) is 4.42. The van der Waals surface area contributed by atoms with E-state index in [2.05, 4.69) is 10.4 Å². The molecule has 1 N–H and O–H groups in total. The Balaban J connectivity index is 1.25. The highest BCUT2D eigenvalue weighted by Crippen LogP contribution is 2.30. The van der Waals surface area contributed by atoms with Crippen LogP contribution >= 0.6 is 0 Å². The third kappa shape index (κ3) is 4.03. The molecule has 0 saturated carbocycles. The Morgan fingerprint density at radius 3 is 2.59 bits per heavy atom. The smallest absolute Gasteiger partial charge is 0.310 e. The summed E-state index contributed by atoms with van der Waals surface area (Å²) in [5.74, 6) is -0.922. The first-order chi connectivity index (χ1) is 16.5. The van der Waals surface area contributed by atoms with Gasteiger partial charge < -0.3 is 14.5 Å². The first-order valence-corrected chi connectivity index (χ1v) is 11.0. The molecule has 170 valence electrons. The van der Waals surface area contributed by atoms with Gasteiger partial charge in [0.05, 0.1) is 35.4 Å². The molecule has 0 aliphatic rings. The predicted molar refractivity (Wildman–Crippen MR) is 130 cm³/mol. The normalized spacial score (nSPS) is 11.1. The Morgan fingerprint density at radius 1 is 1.00 bits per heavy atom. The van der Waals surface area contributed by atoms with E-state index in [9.17, 15) is 9.59 Å². The number of ether oxygens (including phenoxy) is 1. The summed E-state index contributed by atoms with van der Waals surface area (Å²) in [6.07, 6.45) is 1.58. The largest absolute Gasteiger partial charge is 0.464 e. The average Bonchev–Trinajstić information content (AvgIpc) is 3.39. The van der Waals surface area contributed by atoms with Crippen LogP contribution in [0.1, 0.15) is 17.0 Å². The van der Waals surface area contributed by atoms with Crippen LogP contribution in [0.25, 0.3) is 27.4 Å². The number of fused-ring (bicyclic) bond motifs is 3. The van der Waals surface area contributed by atoms with Gasteiger partial charge in [-0.1, -0.05) is 48.5 Å². The van der Waals surface area contributed by atoms with E-state index in [1.807, 2.05) is 80.6 Å². The molecule has 0 aliphatic carbocycles. The maximum atomic E-state index is 12.5. The standard InChI is InChI=1S/C27H23N3O4/c1-17-27(18(2)30(29-17)21-9-4-3-5-10-21)28-24(31)16-34-25(32)14-20-15-33-23-13-12-19-8-6-7-11-22(19)26(20)23/h3-13,15H,14,16H2,1-2H3,(H,28,31). The Hall–Kier alpha value is -4.39. The van der Waals surface area contributed by atoms with E-state index >= 15 is 0 Å². The molecule has 0 fully saturated rings. The van der Waals surface area contributed by atoms with Crippen LogP contribution in [-0.2, 0) is 20.7 Å². The number of para-hydroxylation sites is 1. The summed E-state index contributed by atoms with van der Waals surface area (Å²) < 4.78 is 12.7. The molecule has 0 bridgehead atoms. The summed E-state index contributed by atoms with van der Waals surface area (Å²) in [6.45, 7) is 3.32. The van der Waals surface area contributed by atoms with Crippen LogP contribution in [0.5, 0.6) is 0 Å². The van der Waals surface area contributed by atoms with E-state index in [1.165, 1.54) is 0 Å². The van der Waals surface area contributed by atoms with Gasteiger partial charge in [0.25, 0.3) is 5.91 Å². The van der Waals surface area contributed by atoms with Crippen molar-refractivity contribution in [2.45, 2.75) is 20.3 Å². The second-order valence-electron chi connectivity index (χ2n) is 8.10. The van der Waals surface area contributed by atoms with Gasteiger partial charge in [-0.05, 0) is 42.8 Å². The molecule has 0 saturated heterocycles. The Bertz CT molecular complexity index is 1520. The fourth-order valence-corrected chi connectivity index (χ4v) is 4.18. The van der Waals surface area contributed by atoms with E-state index in [-0.39, 0.29) is 13.0 Å². The summed E-state index contributed by atoms with van der Waals surface area (Å²) >= 11 is 0. The van der Waals surface area contributed by atoms with Crippen molar-refractivity contribution in [1.29, 1.82) is 0 Å². The van der Waals surface area contributed by atoms with Crippen LogP contribution in [-0.4, -0.2) is 28.3 Å². The number of carbonyl (C=O) groups excluding carboxylic acids is 2. The lowest BCUT2D eigenvalue weighted by molar-refractivity contribution is -0.146. The Labute approximate surface area is 195 Å². The first kappa shape index (κ1) is 21.5.